The number of benzene rings is 2. The van der Waals surface area contributed by atoms with Crippen molar-refractivity contribution >= 4 is 11.6 Å². The van der Waals surface area contributed by atoms with Crippen LogP contribution in [-0.2, 0) is 6.54 Å². The highest BCUT2D eigenvalue weighted by Gasteiger charge is 2.17. The minimum absolute atomic E-state index is 0.121. The van der Waals surface area contributed by atoms with Gasteiger partial charge in [0.15, 0.2) is 0 Å². The number of amides is 1. The first-order chi connectivity index (χ1) is 12.9. The summed E-state index contributed by atoms with van der Waals surface area (Å²) >= 11 is 0. The van der Waals surface area contributed by atoms with Gasteiger partial charge in [-0.05, 0) is 37.9 Å². The summed E-state index contributed by atoms with van der Waals surface area (Å²) in [7, 11) is 5.37. The molecule has 1 amide bonds. The summed E-state index contributed by atoms with van der Waals surface area (Å²) in [6, 6.07) is 11.3. The maximum absolute atomic E-state index is 12.4. The lowest BCUT2D eigenvalue weighted by Gasteiger charge is -2.12. The van der Waals surface area contributed by atoms with Gasteiger partial charge < -0.3 is 19.7 Å². The van der Waals surface area contributed by atoms with E-state index in [1.807, 2.05) is 43.3 Å². The maximum atomic E-state index is 12.4. The molecule has 0 saturated carbocycles. The van der Waals surface area contributed by atoms with Crippen LogP contribution in [0.2, 0.25) is 0 Å². The van der Waals surface area contributed by atoms with Crippen molar-refractivity contribution in [2.24, 2.45) is 0 Å². The molecule has 0 spiro atoms. The molecule has 2 rings (SSSR count). The number of nitrogens with one attached hydrogen (secondary N) is 1. The van der Waals surface area contributed by atoms with Gasteiger partial charge in [0.25, 0.3) is 11.6 Å². The Balaban J connectivity index is 1.97. The van der Waals surface area contributed by atoms with Gasteiger partial charge >= 0.3 is 0 Å². The molecule has 144 valence electrons. The summed E-state index contributed by atoms with van der Waals surface area (Å²) in [4.78, 5) is 24.8. The zero-order chi connectivity index (χ0) is 19.8. The molecule has 0 saturated heterocycles. The predicted octanol–water partition coefficient (Wildman–Crippen LogP) is 2.47. The molecule has 0 unspecified atom stereocenters. The van der Waals surface area contributed by atoms with Crippen molar-refractivity contribution < 1.29 is 19.2 Å². The SMILES string of the molecule is COc1ccc([N+](=O)[O-])cc1C(=O)NCc1ccc(OCCN(C)C)cc1. The van der Waals surface area contributed by atoms with E-state index in [1.54, 1.807) is 0 Å². The summed E-state index contributed by atoms with van der Waals surface area (Å²) in [5, 5.41) is 13.7. The Labute approximate surface area is 157 Å². The van der Waals surface area contributed by atoms with Gasteiger partial charge in [0, 0.05) is 25.2 Å². The molecule has 0 aliphatic carbocycles. The van der Waals surface area contributed by atoms with Gasteiger partial charge in [-0.25, -0.2) is 0 Å². The van der Waals surface area contributed by atoms with Crippen molar-refractivity contribution in [1.82, 2.24) is 10.2 Å². The second kappa shape index (κ2) is 9.54. The van der Waals surface area contributed by atoms with Gasteiger partial charge in [-0.15, -0.1) is 0 Å². The number of nitro groups is 1. The smallest absolute Gasteiger partial charge is 0.270 e. The van der Waals surface area contributed by atoms with E-state index in [2.05, 4.69) is 5.32 Å². The van der Waals surface area contributed by atoms with E-state index in [1.165, 1.54) is 25.3 Å². The van der Waals surface area contributed by atoms with Crippen LogP contribution in [-0.4, -0.2) is 50.1 Å². The van der Waals surface area contributed by atoms with Crippen molar-refractivity contribution in [3.05, 3.63) is 63.7 Å². The fourth-order valence-electron chi connectivity index (χ4n) is 2.31. The van der Waals surface area contributed by atoms with Crippen LogP contribution < -0.4 is 14.8 Å². The average molecular weight is 373 g/mol. The topological polar surface area (TPSA) is 93.9 Å². The molecule has 2 aromatic carbocycles. The summed E-state index contributed by atoms with van der Waals surface area (Å²) in [6.07, 6.45) is 0. The van der Waals surface area contributed by atoms with Crippen LogP contribution in [0.3, 0.4) is 0 Å². The lowest BCUT2D eigenvalue weighted by molar-refractivity contribution is -0.384. The second-order valence-corrected chi connectivity index (χ2v) is 6.12. The van der Waals surface area contributed by atoms with Crippen molar-refractivity contribution in [3.8, 4) is 11.5 Å². The normalized spacial score (nSPS) is 10.5. The number of hydrogen-bond donors (Lipinski definition) is 1. The zero-order valence-corrected chi connectivity index (χ0v) is 15.6. The molecule has 0 aliphatic rings. The van der Waals surface area contributed by atoms with Gasteiger partial charge in [0.05, 0.1) is 17.6 Å². The molecule has 8 heteroatoms. The minimum Gasteiger partial charge on any atom is -0.496 e. The summed E-state index contributed by atoms with van der Waals surface area (Å²) < 4.78 is 10.7. The highest BCUT2D eigenvalue weighted by atomic mass is 16.6. The Morgan fingerprint density at radius 1 is 1.19 bits per heavy atom. The molecule has 8 nitrogen and oxygen atoms in total. The summed E-state index contributed by atoms with van der Waals surface area (Å²) in [5.41, 5.74) is 0.836. The quantitative estimate of drug-likeness (QED) is 0.536. The van der Waals surface area contributed by atoms with Crippen molar-refractivity contribution in [2.45, 2.75) is 6.54 Å². The fraction of sp³-hybridized carbons (Fsp3) is 0.316. The fourth-order valence-corrected chi connectivity index (χ4v) is 2.31. The van der Waals surface area contributed by atoms with Crippen LogP contribution in [0, 0.1) is 10.1 Å². The number of nitrogens with zero attached hydrogens (tertiary/aromatic N) is 2. The van der Waals surface area contributed by atoms with Gasteiger partial charge in [-0.2, -0.15) is 0 Å². The molecule has 0 atom stereocenters. The van der Waals surface area contributed by atoms with Crippen LogP contribution in [0.1, 0.15) is 15.9 Å². The van der Waals surface area contributed by atoms with Gasteiger partial charge in [0.1, 0.15) is 18.1 Å². The third kappa shape index (κ3) is 5.96. The predicted molar refractivity (Wildman–Crippen MR) is 101 cm³/mol. The molecular weight excluding hydrogens is 350 g/mol. The van der Waals surface area contributed by atoms with E-state index in [0.717, 1.165) is 17.9 Å². The molecule has 27 heavy (non-hydrogen) atoms. The number of methoxy groups -OCH3 is 1. The first-order valence-electron chi connectivity index (χ1n) is 8.38. The highest BCUT2D eigenvalue weighted by Crippen LogP contribution is 2.24. The standard InChI is InChI=1S/C19H23N3O5/c1-21(2)10-11-27-16-7-4-14(5-8-16)13-20-19(23)17-12-15(22(24)25)6-9-18(17)26-3/h4-9,12H,10-11,13H2,1-3H3,(H,20,23). The van der Waals surface area contributed by atoms with Gasteiger partial charge in [-0.3, -0.25) is 14.9 Å². The van der Waals surface area contributed by atoms with Crippen LogP contribution in [0.25, 0.3) is 0 Å². The average Bonchev–Trinajstić information content (AvgIpc) is 2.66. The van der Waals surface area contributed by atoms with E-state index in [-0.39, 0.29) is 23.5 Å². The molecule has 1 N–H and O–H groups in total. The Bertz CT molecular complexity index is 790. The van der Waals surface area contributed by atoms with E-state index in [9.17, 15) is 14.9 Å². The number of hydrogen-bond acceptors (Lipinski definition) is 6. The van der Waals surface area contributed by atoms with Gasteiger partial charge in [0.2, 0.25) is 0 Å². The molecule has 0 heterocycles. The molecule has 2 aromatic rings. The van der Waals surface area contributed by atoms with Gasteiger partial charge in [-0.1, -0.05) is 12.1 Å². The van der Waals surface area contributed by atoms with E-state index < -0.39 is 10.8 Å². The van der Waals surface area contributed by atoms with Crippen LogP contribution >= 0.6 is 0 Å². The Hall–Kier alpha value is -3.13. The van der Waals surface area contributed by atoms with Crippen molar-refractivity contribution in [1.29, 1.82) is 0 Å². The lowest BCUT2D eigenvalue weighted by Crippen LogP contribution is -2.23. The summed E-state index contributed by atoms with van der Waals surface area (Å²) in [5.74, 6) is 0.594. The number of non-ortho nitro benzene ring substituents is 1. The molecule has 0 aliphatic heterocycles. The minimum atomic E-state index is -0.550. The van der Waals surface area contributed by atoms with Crippen LogP contribution in [0.4, 0.5) is 5.69 Å². The van der Waals surface area contributed by atoms with Crippen molar-refractivity contribution in [3.63, 3.8) is 0 Å². The first kappa shape index (κ1) is 20.2. The number of carbonyl (C=O) groups excluding carboxylic acids is 1. The Morgan fingerprint density at radius 2 is 1.89 bits per heavy atom. The second-order valence-electron chi connectivity index (χ2n) is 6.12. The van der Waals surface area contributed by atoms with E-state index in [0.29, 0.717) is 6.61 Å². The number of nitro benzene ring substituents is 1. The molecular formula is C19H23N3O5. The first-order valence-corrected chi connectivity index (χ1v) is 8.38. The van der Waals surface area contributed by atoms with Crippen LogP contribution in [0.5, 0.6) is 11.5 Å². The van der Waals surface area contributed by atoms with Crippen molar-refractivity contribution in [2.75, 3.05) is 34.4 Å². The maximum Gasteiger partial charge on any atom is 0.270 e. The summed E-state index contributed by atoms with van der Waals surface area (Å²) in [6.45, 7) is 1.70. The Kier molecular flexibility index (Phi) is 7.13. The Morgan fingerprint density at radius 3 is 2.48 bits per heavy atom. The molecule has 0 fully saturated rings. The highest BCUT2D eigenvalue weighted by molar-refractivity contribution is 5.97. The monoisotopic (exact) mass is 373 g/mol. The third-order valence-electron chi connectivity index (χ3n) is 3.82. The third-order valence-corrected chi connectivity index (χ3v) is 3.82. The van der Waals surface area contributed by atoms with E-state index in [4.69, 9.17) is 9.47 Å². The van der Waals surface area contributed by atoms with Crippen LogP contribution in [0.15, 0.2) is 42.5 Å². The number of likely N-dealkylation sites (N-methyl/N-ethyl adjacent to an activating group) is 1. The lowest BCUT2D eigenvalue weighted by atomic mass is 10.1. The van der Waals surface area contributed by atoms with E-state index >= 15 is 0 Å². The molecule has 0 radical (unpaired) electrons. The number of rotatable bonds is 9. The zero-order valence-electron chi connectivity index (χ0n) is 15.6. The molecule has 0 bridgehead atoms. The molecule has 0 aromatic heterocycles. The largest absolute Gasteiger partial charge is 0.496 e. The number of carbonyl (C=O) groups is 1. The number of ether oxygens (including phenoxy) is 2.